The summed E-state index contributed by atoms with van der Waals surface area (Å²) < 4.78 is 0. The van der Waals surface area contributed by atoms with Gasteiger partial charge in [0.2, 0.25) is 47.3 Å². The number of carboxylic acids is 1. The highest BCUT2D eigenvalue weighted by Gasteiger charge is 2.36. The van der Waals surface area contributed by atoms with Gasteiger partial charge in [-0.1, -0.05) is 26.0 Å². The molecule has 1 rings (SSSR count). The molecule has 0 aliphatic heterocycles. The van der Waals surface area contributed by atoms with Gasteiger partial charge >= 0.3 is 5.97 Å². The quantitative estimate of drug-likeness (QED) is 0.0409. The lowest BCUT2D eigenvalue weighted by Gasteiger charge is -2.29. The number of phenolic OH excluding ortho intramolecular Hbond substituents is 1. The second-order valence-corrected chi connectivity index (χ2v) is 14.7. The highest BCUT2D eigenvalue weighted by atomic mass is 32.1. The molecule has 1 aromatic rings. The van der Waals surface area contributed by atoms with E-state index < -0.39 is 126 Å². The normalized spacial score (nSPS) is 15.6. The Morgan fingerprint density at radius 2 is 1.08 bits per heavy atom. The summed E-state index contributed by atoms with van der Waals surface area (Å²) in [7, 11) is 0. The van der Waals surface area contributed by atoms with E-state index in [0.717, 1.165) is 6.92 Å². The zero-order chi connectivity index (χ0) is 45.1. The minimum Gasteiger partial charge on any atom is -0.508 e. The second kappa shape index (κ2) is 25.3. The van der Waals surface area contributed by atoms with Gasteiger partial charge in [0.15, 0.2) is 0 Å². The average Bonchev–Trinajstić information content (AvgIpc) is 3.15. The first-order valence-electron chi connectivity index (χ1n) is 18.2. The van der Waals surface area contributed by atoms with E-state index in [2.05, 4.69) is 62.5 Å². The van der Waals surface area contributed by atoms with Crippen molar-refractivity contribution in [2.24, 2.45) is 17.4 Å². The fourth-order valence-electron chi connectivity index (χ4n) is 5.15. The van der Waals surface area contributed by atoms with E-state index >= 15 is 0 Å². The van der Waals surface area contributed by atoms with Crippen LogP contribution in [0.3, 0.4) is 0 Å². The highest BCUT2D eigenvalue weighted by molar-refractivity contribution is 7.80. The van der Waals surface area contributed by atoms with Crippen molar-refractivity contribution in [2.45, 2.75) is 101 Å². The molecule has 0 unspecified atom stereocenters. The number of aliphatic hydroxyl groups is 2. The summed E-state index contributed by atoms with van der Waals surface area (Å²) >= 11 is 8.02. The van der Waals surface area contributed by atoms with E-state index in [0.29, 0.717) is 5.56 Å². The number of carboxylic acid groups (broad SMARTS) is 1. The third kappa shape index (κ3) is 18.5. The van der Waals surface area contributed by atoms with Crippen LogP contribution in [0.1, 0.15) is 46.1 Å². The first-order valence-corrected chi connectivity index (χ1v) is 19.5. The van der Waals surface area contributed by atoms with Gasteiger partial charge in [-0.25, -0.2) is 0 Å². The molecule has 0 aromatic heterocycles. The molecule has 59 heavy (non-hydrogen) atoms. The SMILES string of the molecule is CC(C)C[C@H](NC(=O)[C@@H](NC(=O)[C@@H](N)CS)[C@@H](C)O)C(=O)N[C@H](C(=O)N[C@@H](CS)C(=O)N[C@@H](CC(N)=O)C(=O)N[C@@H](Cc1ccc(O)cc1)C(=O)NCC(=O)O)[C@@H](C)O. The Hall–Kier alpha value is -5.17. The number of nitrogens with one attached hydrogen (secondary N) is 7. The molecular formula is C35H55N9O13S2. The van der Waals surface area contributed by atoms with Crippen molar-refractivity contribution in [3.05, 3.63) is 29.8 Å². The number of nitrogens with two attached hydrogens (primary N) is 2. The number of carbonyl (C=O) groups is 9. The van der Waals surface area contributed by atoms with Crippen LogP contribution in [-0.4, -0.2) is 146 Å². The summed E-state index contributed by atoms with van der Waals surface area (Å²) in [6.45, 7) is 5.00. The van der Waals surface area contributed by atoms with Crippen LogP contribution < -0.4 is 48.7 Å². The Kier molecular flexibility index (Phi) is 22.3. The summed E-state index contributed by atoms with van der Waals surface area (Å²) in [5.41, 5.74) is 11.4. The number of hydrogen-bond acceptors (Lipinski definition) is 15. The summed E-state index contributed by atoms with van der Waals surface area (Å²) in [6.07, 6.45) is -4.06. The molecule has 0 heterocycles. The number of primary amides is 1. The number of aliphatic hydroxyl groups excluding tert-OH is 2. The largest absolute Gasteiger partial charge is 0.508 e. The van der Waals surface area contributed by atoms with Crippen molar-refractivity contribution in [1.29, 1.82) is 0 Å². The summed E-state index contributed by atoms with van der Waals surface area (Å²) in [6, 6.07) is -5.06. The minimum absolute atomic E-state index is 0.00957. The van der Waals surface area contributed by atoms with E-state index in [4.69, 9.17) is 16.6 Å². The molecular weight excluding hydrogens is 819 g/mol. The fraction of sp³-hybridized carbons (Fsp3) is 0.571. The van der Waals surface area contributed by atoms with Gasteiger partial charge in [-0.3, -0.25) is 43.2 Å². The zero-order valence-corrected chi connectivity index (χ0v) is 34.6. The van der Waals surface area contributed by atoms with Crippen LogP contribution in [0.15, 0.2) is 24.3 Å². The first kappa shape index (κ1) is 51.8. The summed E-state index contributed by atoms with van der Waals surface area (Å²) in [5, 5.41) is 55.4. The molecule has 24 heteroatoms. The van der Waals surface area contributed by atoms with E-state index in [1.54, 1.807) is 13.8 Å². The van der Waals surface area contributed by atoms with Crippen molar-refractivity contribution in [1.82, 2.24) is 37.2 Å². The summed E-state index contributed by atoms with van der Waals surface area (Å²) in [5.74, 6) is -10.3. The van der Waals surface area contributed by atoms with Crippen LogP contribution in [-0.2, 0) is 49.6 Å². The topological polar surface area (TPSA) is 371 Å². The molecule has 0 saturated heterocycles. The lowest BCUT2D eigenvalue weighted by Crippen LogP contribution is -2.63. The molecule has 8 amide bonds. The van der Waals surface area contributed by atoms with Crippen molar-refractivity contribution < 1.29 is 63.6 Å². The monoisotopic (exact) mass is 873 g/mol. The van der Waals surface area contributed by atoms with Crippen molar-refractivity contribution >= 4 is 78.5 Å². The van der Waals surface area contributed by atoms with Crippen LogP contribution in [0.25, 0.3) is 0 Å². The van der Waals surface area contributed by atoms with Crippen LogP contribution >= 0.6 is 25.3 Å². The maximum Gasteiger partial charge on any atom is 0.322 e. The number of phenols is 1. The van der Waals surface area contributed by atoms with Gasteiger partial charge in [0.1, 0.15) is 48.5 Å². The van der Waals surface area contributed by atoms with Gasteiger partial charge in [-0.2, -0.15) is 25.3 Å². The third-order valence-corrected chi connectivity index (χ3v) is 9.03. The van der Waals surface area contributed by atoms with Gasteiger partial charge in [0.25, 0.3) is 0 Å². The first-order chi connectivity index (χ1) is 27.5. The van der Waals surface area contributed by atoms with E-state index in [1.165, 1.54) is 31.2 Å². The molecule has 9 atom stereocenters. The zero-order valence-electron chi connectivity index (χ0n) is 32.8. The highest BCUT2D eigenvalue weighted by Crippen LogP contribution is 2.12. The molecule has 22 nitrogen and oxygen atoms in total. The predicted molar refractivity (Wildman–Crippen MR) is 216 cm³/mol. The molecule has 0 spiro atoms. The molecule has 0 saturated carbocycles. The van der Waals surface area contributed by atoms with Gasteiger partial charge in [0.05, 0.1) is 24.7 Å². The van der Waals surface area contributed by atoms with Gasteiger partial charge in [-0.15, -0.1) is 0 Å². The maximum atomic E-state index is 13.5. The lowest BCUT2D eigenvalue weighted by atomic mass is 10.0. The van der Waals surface area contributed by atoms with Crippen molar-refractivity contribution in [3.63, 3.8) is 0 Å². The number of aromatic hydroxyl groups is 1. The second-order valence-electron chi connectivity index (χ2n) is 14.0. The van der Waals surface area contributed by atoms with E-state index in [-0.39, 0.29) is 30.3 Å². The van der Waals surface area contributed by atoms with Crippen molar-refractivity contribution in [2.75, 3.05) is 18.1 Å². The smallest absolute Gasteiger partial charge is 0.322 e. The van der Waals surface area contributed by atoms with Crippen LogP contribution in [0.4, 0.5) is 0 Å². The van der Waals surface area contributed by atoms with Crippen molar-refractivity contribution in [3.8, 4) is 5.75 Å². The molecule has 15 N–H and O–H groups in total. The van der Waals surface area contributed by atoms with E-state index in [1.807, 2.05) is 0 Å². The Morgan fingerprint density at radius 1 is 0.627 bits per heavy atom. The lowest BCUT2D eigenvalue weighted by molar-refractivity contribution is -0.139. The van der Waals surface area contributed by atoms with Crippen LogP contribution in [0, 0.1) is 5.92 Å². The number of thiol groups is 2. The van der Waals surface area contributed by atoms with Crippen LogP contribution in [0.5, 0.6) is 5.75 Å². The fourth-order valence-corrected chi connectivity index (χ4v) is 5.57. The Morgan fingerprint density at radius 3 is 1.54 bits per heavy atom. The Labute approximate surface area is 350 Å². The Balaban J connectivity index is 3.23. The molecule has 0 fully saturated rings. The number of hydrogen-bond donors (Lipinski definition) is 15. The predicted octanol–water partition coefficient (Wildman–Crippen LogP) is -5.09. The molecule has 0 aliphatic carbocycles. The summed E-state index contributed by atoms with van der Waals surface area (Å²) in [4.78, 5) is 115. The number of rotatable bonds is 25. The van der Waals surface area contributed by atoms with E-state index in [9.17, 15) is 58.5 Å². The maximum absolute atomic E-state index is 13.5. The number of carbonyl (C=O) groups excluding carboxylic acids is 8. The minimum atomic E-state index is -1.75. The third-order valence-electron chi connectivity index (χ3n) is 8.28. The molecule has 0 aliphatic rings. The number of aliphatic carboxylic acids is 1. The Bertz CT molecular complexity index is 1650. The standard InChI is InChI=1S/C35H55N9O13S2/c1-15(2)9-21(41-34(56)27(16(3)45)43-29(51)20(36)13-58)32(54)44-28(17(4)46)35(57)42-24(14-59)33(55)40-23(11-25(37)48)31(53)39-22(30(52)38-12-26(49)50)10-18-5-7-19(47)8-6-18/h5-8,15-17,20-24,27-28,45-47,58-59H,9-14,36H2,1-4H3,(H2,37,48)(H,38,52)(H,39,53)(H,40,55)(H,41,56)(H,42,57)(H,43,51)(H,44,54)(H,49,50)/t16-,17-,20+,21+,22+,23+,24+,27+,28+/m1/s1. The number of amides is 8. The average molecular weight is 874 g/mol. The van der Waals surface area contributed by atoms with Gasteiger partial charge in [0, 0.05) is 17.9 Å². The molecule has 0 radical (unpaired) electrons. The molecule has 1 aromatic carbocycles. The van der Waals surface area contributed by atoms with Gasteiger partial charge in [-0.05, 0) is 43.9 Å². The number of benzene rings is 1. The molecule has 330 valence electrons. The van der Waals surface area contributed by atoms with Gasteiger partial charge < -0.3 is 69.1 Å². The van der Waals surface area contributed by atoms with Crippen LogP contribution in [0.2, 0.25) is 0 Å². The molecule has 0 bridgehead atoms.